The fourth-order valence-corrected chi connectivity index (χ4v) is 2.28. The molecule has 3 aromatic rings. The molecule has 0 aliphatic rings. The van der Waals surface area contributed by atoms with Gasteiger partial charge in [0.1, 0.15) is 5.82 Å². The third-order valence-electron chi connectivity index (χ3n) is 3.46. The molecule has 2 aromatic heterocycles. The minimum absolute atomic E-state index is 0.572. The van der Waals surface area contributed by atoms with E-state index in [2.05, 4.69) is 51.6 Å². The van der Waals surface area contributed by atoms with Gasteiger partial charge in [-0.2, -0.15) is 4.98 Å². The molecule has 116 valence electrons. The fourth-order valence-electron chi connectivity index (χ4n) is 2.28. The van der Waals surface area contributed by atoms with E-state index >= 15 is 0 Å². The number of hydrogen-bond donors (Lipinski definition) is 2. The summed E-state index contributed by atoms with van der Waals surface area (Å²) in [7, 11) is 0. The molecule has 1 aromatic carbocycles. The van der Waals surface area contributed by atoms with E-state index in [-0.39, 0.29) is 0 Å². The number of rotatable bonds is 5. The van der Waals surface area contributed by atoms with Gasteiger partial charge in [-0.3, -0.25) is 4.98 Å². The predicted octanol–water partition coefficient (Wildman–Crippen LogP) is 3.84. The molecule has 0 unspecified atom stereocenters. The average Bonchev–Trinajstić information content (AvgIpc) is 2.57. The highest BCUT2D eigenvalue weighted by Crippen LogP contribution is 2.19. The van der Waals surface area contributed by atoms with E-state index in [9.17, 15) is 0 Å². The Labute approximate surface area is 135 Å². The molecule has 3 rings (SSSR count). The molecule has 2 heterocycles. The number of nitrogens with zero attached hydrogens (tertiary/aromatic N) is 3. The molecule has 0 spiro atoms. The first-order valence-electron chi connectivity index (χ1n) is 7.52. The van der Waals surface area contributed by atoms with Crippen molar-refractivity contribution in [3.05, 3.63) is 71.7 Å². The van der Waals surface area contributed by atoms with E-state index < -0.39 is 0 Å². The summed E-state index contributed by atoms with van der Waals surface area (Å²) in [6, 6.07) is 13.9. The van der Waals surface area contributed by atoms with Crippen LogP contribution in [0.3, 0.4) is 0 Å². The van der Waals surface area contributed by atoms with Crippen molar-refractivity contribution in [2.24, 2.45) is 0 Å². The number of aromatic nitrogens is 3. The van der Waals surface area contributed by atoms with Crippen LogP contribution >= 0.6 is 0 Å². The zero-order valence-electron chi connectivity index (χ0n) is 13.2. The average molecular weight is 305 g/mol. The molecular weight excluding hydrogens is 286 g/mol. The van der Waals surface area contributed by atoms with Crippen LogP contribution in [-0.2, 0) is 6.54 Å². The molecule has 5 heteroatoms. The molecule has 0 radical (unpaired) electrons. The smallest absolute Gasteiger partial charge is 0.229 e. The third-order valence-corrected chi connectivity index (χ3v) is 3.46. The van der Waals surface area contributed by atoms with Crippen LogP contribution in [0.25, 0.3) is 0 Å². The first kappa shape index (κ1) is 15.0. The van der Waals surface area contributed by atoms with E-state index in [1.54, 1.807) is 12.4 Å². The Balaban J connectivity index is 1.69. The Morgan fingerprint density at radius 1 is 0.957 bits per heavy atom. The summed E-state index contributed by atoms with van der Waals surface area (Å²) >= 11 is 0. The largest absolute Gasteiger partial charge is 0.364 e. The van der Waals surface area contributed by atoms with Crippen LogP contribution < -0.4 is 10.6 Å². The Morgan fingerprint density at radius 2 is 1.87 bits per heavy atom. The van der Waals surface area contributed by atoms with Crippen molar-refractivity contribution in [1.29, 1.82) is 0 Å². The van der Waals surface area contributed by atoms with Crippen LogP contribution in [0.5, 0.6) is 0 Å². The van der Waals surface area contributed by atoms with Gasteiger partial charge < -0.3 is 10.6 Å². The minimum Gasteiger partial charge on any atom is -0.364 e. The fraction of sp³-hybridized carbons (Fsp3) is 0.167. The van der Waals surface area contributed by atoms with Gasteiger partial charge in [-0.25, -0.2) is 4.98 Å². The molecule has 23 heavy (non-hydrogen) atoms. The maximum atomic E-state index is 4.49. The van der Waals surface area contributed by atoms with Gasteiger partial charge in [0.05, 0.1) is 12.2 Å². The van der Waals surface area contributed by atoms with Crippen molar-refractivity contribution < 1.29 is 0 Å². The van der Waals surface area contributed by atoms with Gasteiger partial charge in [0.2, 0.25) is 5.95 Å². The minimum atomic E-state index is 0.572. The van der Waals surface area contributed by atoms with Crippen molar-refractivity contribution >= 4 is 17.5 Å². The number of aryl methyl sites for hydroxylation is 2. The maximum absolute atomic E-state index is 4.49. The second kappa shape index (κ2) is 6.87. The summed E-state index contributed by atoms with van der Waals surface area (Å²) in [5.74, 6) is 1.33. The molecule has 0 saturated heterocycles. The lowest BCUT2D eigenvalue weighted by Crippen LogP contribution is -2.05. The quantitative estimate of drug-likeness (QED) is 0.750. The molecule has 0 amide bonds. The Kier molecular flexibility index (Phi) is 4.47. The predicted molar refractivity (Wildman–Crippen MR) is 92.8 cm³/mol. The van der Waals surface area contributed by atoms with Crippen LogP contribution in [0.4, 0.5) is 17.5 Å². The van der Waals surface area contributed by atoms with Gasteiger partial charge in [0, 0.05) is 18.1 Å². The lowest BCUT2D eigenvalue weighted by atomic mass is 10.1. The lowest BCUT2D eigenvalue weighted by molar-refractivity contribution is 1.02. The summed E-state index contributed by atoms with van der Waals surface area (Å²) in [6.45, 7) is 4.77. The highest BCUT2D eigenvalue weighted by atomic mass is 15.1. The summed E-state index contributed by atoms with van der Waals surface area (Å²) in [5, 5.41) is 6.52. The summed E-state index contributed by atoms with van der Waals surface area (Å²) < 4.78 is 0. The number of hydrogen-bond acceptors (Lipinski definition) is 5. The van der Waals surface area contributed by atoms with Crippen LogP contribution in [0.1, 0.15) is 16.8 Å². The number of pyridine rings is 1. The van der Waals surface area contributed by atoms with E-state index in [1.165, 1.54) is 11.1 Å². The molecule has 0 aliphatic heterocycles. The second-order valence-corrected chi connectivity index (χ2v) is 5.38. The topological polar surface area (TPSA) is 62.7 Å². The van der Waals surface area contributed by atoms with E-state index in [4.69, 9.17) is 0 Å². The number of nitrogens with one attached hydrogen (secondary N) is 2. The van der Waals surface area contributed by atoms with Crippen molar-refractivity contribution in [1.82, 2.24) is 15.0 Å². The van der Waals surface area contributed by atoms with Gasteiger partial charge in [0.25, 0.3) is 0 Å². The summed E-state index contributed by atoms with van der Waals surface area (Å²) in [6.07, 6.45) is 3.52. The zero-order chi connectivity index (χ0) is 16.1. The lowest BCUT2D eigenvalue weighted by Gasteiger charge is -2.10. The first-order valence-corrected chi connectivity index (χ1v) is 7.52. The third kappa shape index (κ3) is 4.03. The van der Waals surface area contributed by atoms with Gasteiger partial charge >= 0.3 is 0 Å². The van der Waals surface area contributed by atoms with Crippen molar-refractivity contribution in [2.45, 2.75) is 20.4 Å². The highest BCUT2D eigenvalue weighted by Gasteiger charge is 2.03. The van der Waals surface area contributed by atoms with E-state index in [0.29, 0.717) is 12.5 Å². The molecular formula is C18H19N5. The summed E-state index contributed by atoms with van der Waals surface area (Å²) in [5.41, 5.74) is 4.38. The van der Waals surface area contributed by atoms with Gasteiger partial charge in [-0.1, -0.05) is 23.8 Å². The number of anilines is 3. The normalized spacial score (nSPS) is 10.3. The Hall–Kier alpha value is -2.95. The monoisotopic (exact) mass is 305 g/mol. The standard InChI is InChI=1S/C18H19N5/c1-13-6-7-16(14(2)11-13)22-18-20-10-8-17(23-18)21-12-15-5-3-4-9-19-15/h3-11H,12H2,1-2H3,(H2,20,21,22,23). The van der Waals surface area contributed by atoms with Crippen LogP contribution in [-0.4, -0.2) is 15.0 Å². The van der Waals surface area contributed by atoms with E-state index in [0.717, 1.165) is 17.2 Å². The molecule has 0 aliphatic carbocycles. The van der Waals surface area contributed by atoms with Gasteiger partial charge in [-0.15, -0.1) is 0 Å². The van der Waals surface area contributed by atoms with Gasteiger partial charge in [-0.05, 0) is 43.7 Å². The SMILES string of the molecule is Cc1ccc(Nc2nccc(NCc3ccccn3)n2)c(C)c1. The molecule has 2 N–H and O–H groups in total. The van der Waals surface area contributed by atoms with Crippen LogP contribution in [0, 0.1) is 13.8 Å². The first-order chi connectivity index (χ1) is 11.2. The second-order valence-electron chi connectivity index (χ2n) is 5.38. The highest BCUT2D eigenvalue weighted by molar-refractivity contribution is 5.59. The Morgan fingerprint density at radius 3 is 2.65 bits per heavy atom. The maximum Gasteiger partial charge on any atom is 0.229 e. The molecule has 0 bridgehead atoms. The van der Waals surface area contributed by atoms with Crippen molar-refractivity contribution in [3.63, 3.8) is 0 Å². The molecule has 0 fully saturated rings. The van der Waals surface area contributed by atoms with Crippen LogP contribution in [0.2, 0.25) is 0 Å². The Bertz CT molecular complexity index is 786. The van der Waals surface area contributed by atoms with Crippen molar-refractivity contribution in [2.75, 3.05) is 10.6 Å². The van der Waals surface area contributed by atoms with Crippen LogP contribution in [0.15, 0.2) is 54.9 Å². The van der Waals surface area contributed by atoms with Crippen molar-refractivity contribution in [3.8, 4) is 0 Å². The summed E-state index contributed by atoms with van der Waals surface area (Å²) in [4.78, 5) is 13.0. The van der Waals surface area contributed by atoms with Gasteiger partial charge in [0.15, 0.2) is 0 Å². The molecule has 0 saturated carbocycles. The number of benzene rings is 1. The zero-order valence-corrected chi connectivity index (χ0v) is 13.2. The molecule has 5 nitrogen and oxygen atoms in total. The molecule has 0 atom stereocenters. The van der Waals surface area contributed by atoms with E-state index in [1.807, 2.05) is 30.3 Å².